The molecule has 0 amide bonds. The maximum atomic E-state index is 13.8. The Morgan fingerprint density at radius 3 is 2.68 bits per heavy atom. The van der Waals surface area contributed by atoms with E-state index < -0.39 is 0 Å². The number of nitrogens with one attached hydrogen (secondary N) is 1. The normalized spacial score (nSPS) is 12.5. The summed E-state index contributed by atoms with van der Waals surface area (Å²) in [6, 6.07) is 20.0. The molecule has 0 heterocycles. The molecule has 112 valence electrons. The Morgan fingerprint density at radius 1 is 1.05 bits per heavy atom. The summed E-state index contributed by atoms with van der Waals surface area (Å²) in [5.41, 5.74) is 1.95. The van der Waals surface area contributed by atoms with Gasteiger partial charge in [-0.05, 0) is 64.0 Å². The van der Waals surface area contributed by atoms with Gasteiger partial charge in [0.25, 0.3) is 0 Å². The lowest BCUT2D eigenvalue weighted by atomic mass is 9.99. The molecule has 3 aromatic carbocycles. The van der Waals surface area contributed by atoms with E-state index in [-0.39, 0.29) is 11.9 Å². The Labute approximate surface area is 143 Å². The van der Waals surface area contributed by atoms with Crippen molar-refractivity contribution in [2.75, 3.05) is 0 Å². The van der Waals surface area contributed by atoms with Crippen LogP contribution in [-0.4, -0.2) is 0 Å². The Balaban J connectivity index is 1.82. The second-order valence-electron chi connectivity index (χ2n) is 5.41. The van der Waals surface area contributed by atoms with Crippen LogP contribution in [0.15, 0.2) is 60.7 Å². The van der Waals surface area contributed by atoms with Crippen LogP contribution in [0.2, 0.25) is 0 Å². The molecular weight excluding hydrogens is 388 g/mol. The first-order valence-electron chi connectivity index (χ1n) is 7.30. The first-order chi connectivity index (χ1) is 10.6. The van der Waals surface area contributed by atoms with Crippen LogP contribution >= 0.6 is 22.6 Å². The van der Waals surface area contributed by atoms with Crippen molar-refractivity contribution < 1.29 is 4.39 Å². The van der Waals surface area contributed by atoms with Crippen molar-refractivity contribution >= 4 is 33.4 Å². The summed E-state index contributed by atoms with van der Waals surface area (Å²) in [6.07, 6.45) is 0. The average molecular weight is 405 g/mol. The molecule has 0 aromatic heterocycles. The summed E-state index contributed by atoms with van der Waals surface area (Å²) in [4.78, 5) is 0. The highest BCUT2D eigenvalue weighted by atomic mass is 127. The van der Waals surface area contributed by atoms with Crippen molar-refractivity contribution in [2.24, 2.45) is 0 Å². The fourth-order valence-electron chi connectivity index (χ4n) is 2.68. The molecule has 0 bridgehead atoms. The van der Waals surface area contributed by atoms with Crippen LogP contribution in [-0.2, 0) is 6.54 Å². The number of fused-ring (bicyclic) bond motifs is 1. The molecule has 0 spiro atoms. The van der Waals surface area contributed by atoms with Gasteiger partial charge in [-0.3, -0.25) is 0 Å². The summed E-state index contributed by atoms with van der Waals surface area (Å²) in [5.74, 6) is -0.155. The van der Waals surface area contributed by atoms with Crippen LogP contribution in [0.1, 0.15) is 24.1 Å². The third-order valence-electron chi connectivity index (χ3n) is 3.90. The van der Waals surface area contributed by atoms with E-state index in [0.29, 0.717) is 12.1 Å². The molecule has 0 aliphatic rings. The number of halogens is 2. The van der Waals surface area contributed by atoms with E-state index >= 15 is 0 Å². The van der Waals surface area contributed by atoms with Gasteiger partial charge in [0.05, 0.1) is 0 Å². The van der Waals surface area contributed by atoms with E-state index in [4.69, 9.17) is 0 Å². The molecule has 0 saturated heterocycles. The summed E-state index contributed by atoms with van der Waals surface area (Å²) in [7, 11) is 0. The number of rotatable bonds is 4. The molecule has 3 rings (SSSR count). The first kappa shape index (κ1) is 15.4. The van der Waals surface area contributed by atoms with Gasteiger partial charge in [-0.25, -0.2) is 4.39 Å². The van der Waals surface area contributed by atoms with Crippen LogP contribution in [0, 0.1) is 9.39 Å². The van der Waals surface area contributed by atoms with Crippen LogP contribution < -0.4 is 5.32 Å². The Bertz CT molecular complexity index is 795. The third kappa shape index (κ3) is 3.31. The van der Waals surface area contributed by atoms with Gasteiger partial charge in [0.1, 0.15) is 5.82 Å². The van der Waals surface area contributed by atoms with Crippen molar-refractivity contribution in [3.8, 4) is 0 Å². The van der Waals surface area contributed by atoms with Gasteiger partial charge in [0, 0.05) is 21.7 Å². The van der Waals surface area contributed by atoms with Crippen LogP contribution in [0.5, 0.6) is 0 Å². The smallest absolute Gasteiger partial charge is 0.127 e. The molecule has 0 saturated carbocycles. The number of hydrogen-bond donors (Lipinski definition) is 1. The minimum absolute atomic E-state index is 0.155. The van der Waals surface area contributed by atoms with Gasteiger partial charge < -0.3 is 5.32 Å². The zero-order valence-electron chi connectivity index (χ0n) is 12.3. The zero-order chi connectivity index (χ0) is 15.5. The summed E-state index contributed by atoms with van der Waals surface area (Å²) in [5, 5.41) is 5.91. The van der Waals surface area contributed by atoms with Gasteiger partial charge in [-0.1, -0.05) is 42.5 Å². The summed E-state index contributed by atoms with van der Waals surface area (Å²) >= 11 is 2.21. The number of benzene rings is 3. The van der Waals surface area contributed by atoms with Crippen LogP contribution in [0.4, 0.5) is 4.39 Å². The molecule has 0 radical (unpaired) electrons. The monoisotopic (exact) mass is 405 g/mol. The molecule has 0 aliphatic carbocycles. The molecule has 1 nitrogen and oxygen atoms in total. The molecular formula is C19H17FIN. The van der Waals surface area contributed by atoms with E-state index in [9.17, 15) is 4.39 Å². The molecule has 0 aliphatic heterocycles. The maximum absolute atomic E-state index is 13.8. The molecule has 1 N–H and O–H groups in total. The predicted molar refractivity (Wildman–Crippen MR) is 98.3 cm³/mol. The van der Waals surface area contributed by atoms with Crippen molar-refractivity contribution in [3.63, 3.8) is 0 Å². The Morgan fingerprint density at radius 2 is 1.82 bits per heavy atom. The fraction of sp³-hybridized carbons (Fsp3) is 0.158. The van der Waals surface area contributed by atoms with Gasteiger partial charge >= 0.3 is 0 Å². The SMILES string of the molecule is C[C@@H](NCc1cc(I)ccc1F)c1cccc2ccccc12. The predicted octanol–water partition coefficient (Wildman–Crippen LogP) is 5.43. The lowest BCUT2D eigenvalue weighted by molar-refractivity contribution is 0.546. The molecule has 0 unspecified atom stereocenters. The van der Waals surface area contributed by atoms with Gasteiger partial charge in [-0.2, -0.15) is 0 Å². The van der Waals surface area contributed by atoms with Crippen molar-refractivity contribution in [1.29, 1.82) is 0 Å². The van der Waals surface area contributed by atoms with E-state index in [2.05, 4.69) is 71.2 Å². The largest absolute Gasteiger partial charge is 0.306 e. The third-order valence-corrected chi connectivity index (χ3v) is 4.57. The van der Waals surface area contributed by atoms with E-state index in [1.54, 1.807) is 6.07 Å². The fourth-order valence-corrected chi connectivity index (χ4v) is 3.24. The van der Waals surface area contributed by atoms with Gasteiger partial charge in [-0.15, -0.1) is 0 Å². The molecule has 3 heteroatoms. The lowest BCUT2D eigenvalue weighted by Gasteiger charge is -2.17. The average Bonchev–Trinajstić information content (AvgIpc) is 2.55. The lowest BCUT2D eigenvalue weighted by Crippen LogP contribution is -2.19. The standard InChI is InChI=1S/C19H17FIN/c1-13(22-12-15-11-16(21)9-10-19(15)20)17-8-4-6-14-5-2-3-7-18(14)17/h2-11,13,22H,12H2,1H3/t13-/m1/s1. The molecule has 1 atom stereocenters. The first-order valence-corrected chi connectivity index (χ1v) is 8.38. The topological polar surface area (TPSA) is 12.0 Å². The highest BCUT2D eigenvalue weighted by Crippen LogP contribution is 2.24. The second-order valence-corrected chi connectivity index (χ2v) is 6.65. The quantitative estimate of drug-likeness (QED) is 0.571. The summed E-state index contributed by atoms with van der Waals surface area (Å²) < 4.78 is 14.9. The minimum Gasteiger partial charge on any atom is -0.306 e. The highest BCUT2D eigenvalue weighted by molar-refractivity contribution is 14.1. The van der Waals surface area contributed by atoms with Crippen molar-refractivity contribution in [3.05, 3.63) is 81.2 Å². The van der Waals surface area contributed by atoms with Gasteiger partial charge in [0.2, 0.25) is 0 Å². The summed E-state index contributed by atoms with van der Waals surface area (Å²) in [6.45, 7) is 2.64. The van der Waals surface area contributed by atoms with E-state index in [1.807, 2.05) is 12.1 Å². The number of hydrogen-bond acceptors (Lipinski definition) is 1. The van der Waals surface area contributed by atoms with Crippen molar-refractivity contribution in [1.82, 2.24) is 5.32 Å². The highest BCUT2D eigenvalue weighted by Gasteiger charge is 2.10. The molecule has 22 heavy (non-hydrogen) atoms. The van der Waals surface area contributed by atoms with Crippen LogP contribution in [0.3, 0.4) is 0 Å². The minimum atomic E-state index is -0.155. The second kappa shape index (κ2) is 6.75. The zero-order valence-corrected chi connectivity index (χ0v) is 14.5. The maximum Gasteiger partial charge on any atom is 0.127 e. The van der Waals surface area contributed by atoms with Gasteiger partial charge in [0.15, 0.2) is 0 Å². The molecule has 0 fully saturated rings. The Kier molecular flexibility index (Phi) is 4.74. The Hall–Kier alpha value is -1.46. The van der Waals surface area contributed by atoms with Crippen molar-refractivity contribution in [2.45, 2.75) is 19.5 Å². The van der Waals surface area contributed by atoms with E-state index in [0.717, 1.165) is 3.57 Å². The van der Waals surface area contributed by atoms with E-state index in [1.165, 1.54) is 22.4 Å². The van der Waals surface area contributed by atoms with Crippen LogP contribution in [0.25, 0.3) is 10.8 Å². The molecule has 3 aromatic rings.